The summed E-state index contributed by atoms with van der Waals surface area (Å²) >= 11 is 0. The summed E-state index contributed by atoms with van der Waals surface area (Å²) in [4.78, 5) is 25.4. The summed E-state index contributed by atoms with van der Waals surface area (Å²) in [6.07, 6.45) is -0.453. The van der Waals surface area contributed by atoms with Crippen LogP contribution >= 0.6 is 0 Å². The number of aliphatic hydroxyl groups excluding tert-OH is 1. The number of urea groups is 1. The van der Waals surface area contributed by atoms with Crippen LogP contribution in [0, 0.1) is 6.92 Å². The lowest BCUT2D eigenvalue weighted by atomic mass is 9.86. The van der Waals surface area contributed by atoms with Crippen molar-refractivity contribution in [3.8, 4) is 5.75 Å². The van der Waals surface area contributed by atoms with Gasteiger partial charge in [0.25, 0.3) is 5.91 Å². The zero-order valence-corrected chi connectivity index (χ0v) is 16.5. The van der Waals surface area contributed by atoms with E-state index in [1.807, 2.05) is 26.0 Å². The highest BCUT2D eigenvalue weighted by Gasteiger charge is 2.46. The van der Waals surface area contributed by atoms with Crippen LogP contribution in [-0.4, -0.2) is 46.7 Å². The van der Waals surface area contributed by atoms with Crippen LogP contribution in [0.3, 0.4) is 0 Å². The Morgan fingerprint density at radius 2 is 1.96 bits per heavy atom. The van der Waals surface area contributed by atoms with Gasteiger partial charge in [0.15, 0.2) is 0 Å². The zero-order valence-electron chi connectivity index (χ0n) is 16.5. The number of carbonyl (C=O) groups excluding carboxylic acids is 2. The van der Waals surface area contributed by atoms with Gasteiger partial charge in [-0.05, 0) is 42.9 Å². The molecule has 0 radical (unpaired) electrons. The minimum Gasteiger partial charge on any atom is -0.491 e. The maximum Gasteiger partial charge on any atom is 0.325 e. The van der Waals surface area contributed by atoms with E-state index < -0.39 is 17.7 Å². The summed E-state index contributed by atoms with van der Waals surface area (Å²) in [5.41, 5.74) is 1.36. The Hall–Kier alpha value is -2.08. The van der Waals surface area contributed by atoms with Crippen LogP contribution in [0.25, 0.3) is 0 Å². The smallest absolute Gasteiger partial charge is 0.325 e. The first-order valence-electron chi connectivity index (χ1n) is 9.04. The first kappa shape index (κ1) is 20.2. The average Bonchev–Trinajstić information content (AvgIpc) is 2.76. The third-order valence-electron chi connectivity index (χ3n) is 4.92. The zero-order chi connectivity index (χ0) is 19.7. The van der Waals surface area contributed by atoms with Crippen LogP contribution in [0.4, 0.5) is 4.79 Å². The number of hydrogen-bond acceptors (Lipinski definition) is 4. The molecule has 1 aliphatic heterocycles. The van der Waals surface area contributed by atoms with Gasteiger partial charge in [-0.25, -0.2) is 4.79 Å². The summed E-state index contributed by atoms with van der Waals surface area (Å²) in [6, 6.07) is 5.51. The Morgan fingerprint density at radius 1 is 1.31 bits per heavy atom. The molecule has 0 aliphatic carbocycles. The molecule has 3 amide bonds. The minimum atomic E-state index is -0.953. The van der Waals surface area contributed by atoms with Gasteiger partial charge in [-0.1, -0.05) is 39.8 Å². The average molecular weight is 362 g/mol. The Balaban J connectivity index is 1.96. The Bertz CT molecular complexity index is 696. The maximum atomic E-state index is 12.4. The first-order chi connectivity index (χ1) is 12.0. The van der Waals surface area contributed by atoms with Crippen molar-refractivity contribution in [3.63, 3.8) is 0 Å². The molecular formula is C20H30N2O4. The molecule has 0 aromatic heterocycles. The van der Waals surface area contributed by atoms with Gasteiger partial charge in [-0.3, -0.25) is 9.69 Å². The highest BCUT2D eigenvalue weighted by Crippen LogP contribution is 2.27. The van der Waals surface area contributed by atoms with Crippen molar-refractivity contribution in [3.05, 3.63) is 29.3 Å². The number of carbonyl (C=O) groups is 2. The number of aryl methyl sites for hydroxylation is 1. The molecule has 1 aromatic rings. The van der Waals surface area contributed by atoms with Gasteiger partial charge >= 0.3 is 6.03 Å². The molecule has 0 bridgehead atoms. The maximum absolute atomic E-state index is 12.4. The van der Waals surface area contributed by atoms with Gasteiger partial charge in [-0.2, -0.15) is 0 Å². The van der Waals surface area contributed by atoms with Crippen molar-refractivity contribution in [1.82, 2.24) is 10.2 Å². The number of rotatable bonds is 6. The van der Waals surface area contributed by atoms with Crippen molar-refractivity contribution < 1.29 is 19.4 Å². The van der Waals surface area contributed by atoms with E-state index in [9.17, 15) is 14.7 Å². The number of amides is 3. The molecular weight excluding hydrogens is 332 g/mol. The predicted molar refractivity (Wildman–Crippen MR) is 100 cm³/mol. The Morgan fingerprint density at radius 3 is 2.46 bits per heavy atom. The van der Waals surface area contributed by atoms with Gasteiger partial charge in [-0.15, -0.1) is 0 Å². The monoisotopic (exact) mass is 362 g/mol. The molecule has 1 fully saturated rings. The van der Waals surface area contributed by atoms with Crippen LogP contribution in [0.2, 0.25) is 0 Å². The molecule has 0 spiro atoms. The molecule has 0 unspecified atom stereocenters. The van der Waals surface area contributed by atoms with E-state index >= 15 is 0 Å². The number of ether oxygens (including phenoxy) is 1. The van der Waals surface area contributed by atoms with Crippen molar-refractivity contribution >= 4 is 11.9 Å². The highest BCUT2D eigenvalue weighted by atomic mass is 16.5. The summed E-state index contributed by atoms with van der Waals surface area (Å²) in [6.45, 7) is 11.9. The lowest BCUT2D eigenvalue weighted by Gasteiger charge is -2.22. The number of aliphatic hydroxyl groups is 1. The lowest BCUT2D eigenvalue weighted by Crippen LogP contribution is -2.44. The molecule has 2 rings (SSSR count). The number of β-amino-alcohol motifs (C(OH)–C–C–N with tert-alkyl or cyclic N) is 1. The molecule has 1 saturated heterocycles. The van der Waals surface area contributed by atoms with E-state index in [-0.39, 0.29) is 24.5 Å². The first-order valence-corrected chi connectivity index (χ1v) is 9.04. The van der Waals surface area contributed by atoms with Gasteiger partial charge in [0.1, 0.15) is 24.0 Å². The van der Waals surface area contributed by atoms with Crippen LogP contribution in [0.5, 0.6) is 5.75 Å². The molecule has 0 saturated carbocycles. The van der Waals surface area contributed by atoms with Gasteiger partial charge in [0, 0.05) is 0 Å². The number of benzene rings is 1. The van der Waals surface area contributed by atoms with E-state index in [1.54, 1.807) is 6.92 Å². The minimum absolute atomic E-state index is 0.00953. The van der Waals surface area contributed by atoms with Crippen molar-refractivity contribution in [2.75, 3.05) is 13.2 Å². The molecule has 6 nitrogen and oxygen atoms in total. The molecule has 2 N–H and O–H groups in total. The summed E-state index contributed by atoms with van der Waals surface area (Å²) < 4.78 is 5.71. The lowest BCUT2D eigenvalue weighted by molar-refractivity contribution is -0.132. The largest absolute Gasteiger partial charge is 0.491 e. The van der Waals surface area contributed by atoms with E-state index in [4.69, 9.17) is 4.74 Å². The molecule has 26 heavy (non-hydrogen) atoms. The quantitative estimate of drug-likeness (QED) is 0.763. The van der Waals surface area contributed by atoms with E-state index in [0.717, 1.165) is 10.5 Å². The van der Waals surface area contributed by atoms with Gasteiger partial charge < -0.3 is 15.2 Å². The van der Waals surface area contributed by atoms with Crippen molar-refractivity contribution in [2.45, 2.75) is 65.0 Å². The topological polar surface area (TPSA) is 78.9 Å². The normalized spacial score (nSPS) is 21.7. The van der Waals surface area contributed by atoms with Crippen molar-refractivity contribution in [1.29, 1.82) is 0 Å². The number of imide groups is 1. The fourth-order valence-corrected chi connectivity index (χ4v) is 2.88. The second-order valence-corrected chi connectivity index (χ2v) is 8.23. The van der Waals surface area contributed by atoms with E-state index in [2.05, 4.69) is 32.2 Å². The molecule has 6 heteroatoms. The third kappa shape index (κ3) is 4.18. The molecule has 1 aromatic carbocycles. The van der Waals surface area contributed by atoms with Crippen LogP contribution in [0.1, 0.15) is 52.2 Å². The summed E-state index contributed by atoms with van der Waals surface area (Å²) in [5, 5.41) is 12.9. The SMILES string of the molecule is CC[C@@]1(C)NC(=O)N(C[C@H](O)COc2ccc(C(C)(C)C)cc2C)C1=O. The molecule has 1 aliphatic rings. The third-order valence-corrected chi connectivity index (χ3v) is 4.92. The van der Waals surface area contributed by atoms with Gasteiger partial charge in [0.05, 0.1) is 6.54 Å². The Labute approximate surface area is 155 Å². The fourth-order valence-electron chi connectivity index (χ4n) is 2.88. The standard InChI is InChI=1S/C20H30N2O4/c1-7-20(6)17(24)22(18(25)21-20)11-15(23)12-26-16-9-8-14(10-13(16)2)19(3,4)5/h8-10,15,23H,7,11-12H2,1-6H3,(H,21,25)/t15-,20+/m0/s1. The second kappa shape index (κ2) is 7.27. The number of nitrogens with zero attached hydrogens (tertiary/aromatic N) is 1. The highest BCUT2D eigenvalue weighted by molar-refractivity contribution is 6.06. The Kier molecular flexibility index (Phi) is 5.66. The summed E-state index contributed by atoms with van der Waals surface area (Å²) in [7, 11) is 0. The van der Waals surface area contributed by atoms with Crippen LogP contribution < -0.4 is 10.1 Å². The van der Waals surface area contributed by atoms with Crippen LogP contribution in [-0.2, 0) is 10.2 Å². The van der Waals surface area contributed by atoms with E-state index in [0.29, 0.717) is 12.2 Å². The molecule has 144 valence electrons. The fraction of sp³-hybridized carbons (Fsp3) is 0.600. The molecule has 1 heterocycles. The van der Waals surface area contributed by atoms with Crippen LogP contribution in [0.15, 0.2) is 18.2 Å². The summed E-state index contributed by atoms with van der Waals surface area (Å²) in [5.74, 6) is 0.377. The second-order valence-electron chi connectivity index (χ2n) is 8.23. The number of nitrogens with one attached hydrogen (secondary N) is 1. The number of hydrogen-bond donors (Lipinski definition) is 2. The van der Waals surface area contributed by atoms with E-state index in [1.165, 1.54) is 5.56 Å². The predicted octanol–water partition coefficient (Wildman–Crippen LogP) is 2.75. The van der Waals surface area contributed by atoms with Crippen molar-refractivity contribution in [2.24, 2.45) is 0 Å². The molecule has 2 atom stereocenters. The van der Waals surface area contributed by atoms with Gasteiger partial charge in [0.2, 0.25) is 0 Å².